The number of rotatable bonds is 8. The van der Waals surface area contributed by atoms with Crippen LogP contribution in [0.5, 0.6) is 5.75 Å². The van der Waals surface area contributed by atoms with Gasteiger partial charge in [0.15, 0.2) is 12.0 Å². The summed E-state index contributed by atoms with van der Waals surface area (Å²) in [6.07, 6.45) is 3.06. The van der Waals surface area contributed by atoms with Crippen LogP contribution in [0.4, 0.5) is 20.2 Å². The molecule has 0 saturated heterocycles. The van der Waals surface area contributed by atoms with E-state index in [1.54, 1.807) is 19.9 Å². The highest BCUT2D eigenvalue weighted by Gasteiger charge is 2.21. The van der Waals surface area contributed by atoms with Gasteiger partial charge in [0.05, 0.1) is 28.6 Å². The summed E-state index contributed by atoms with van der Waals surface area (Å²) in [6.45, 7) is 3.32. The third kappa shape index (κ3) is 7.19. The van der Waals surface area contributed by atoms with Crippen molar-refractivity contribution in [1.82, 2.24) is 4.98 Å². The highest BCUT2D eigenvalue weighted by atomic mass is 35.5. The number of carbonyl (C=O) groups excluding carboxylic acids is 1. The van der Waals surface area contributed by atoms with Gasteiger partial charge in [0, 0.05) is 27.2 Å². The minimum absolute atomic E-state index is 0.0309. The first-order valence-corrected chi connectivity index (χ1v) is 14.3. The van der Waals surface area contributed by atoms with Crippen LogP contribution >= 0.6 is 22.9 Å². The zero-order chi connectivity index (χ0) is 28.5. The van der Waals surface area contributed by atoms with Crippen molar-refractivity contribution in [2.45, 2.75) is 20.0 Å². The summed E-state index contributed by atoms with van der Waals surface area (Å²) in [5.41, 5.74) is 1.40. The van der Waals surface area contributed by atoms with E-state index in [1.807, 2.05) is 0 Å². The van der Waals surface area contributed by atoms with E-state index in [4.69, 9.17) is 16.3 Å². The predicted molar refractivity (Wildman–Crippen MR) is 145 cm³/mol. The number of thiophene rings is 1. The number of benzene rings is 1. The molecule has 0 radical (unpaired) electrons. The number of anilines is 2. The van der Waals surface area contributed by atoms with Crippen LogP contribution in [0.3, 0.4) is 0 Å². The van der Waals surface area contributed by atoms with Crippen LogP contribution in [0, 0.1) is 23.8 Å². The highest BCUT2D eigenvalue weighted by molar-refractivity contribution is 7.92. The molecule has 0 bridgehead atoms. The topological polar surface area (TPSA) is 124 Å². The van der Waals surface area contributed by atoms with Crippen molar-refractivity contribution in [2.24, 2.45) is 0 Å². The summed E-state index contributed by atoms with van der Waals surface area (Å²) in [7, 11) is -3.56. The average molecular weight is 595 g/mol. The summed E-state index contributed by atoms with van der Waals surface area (Å²) in [5, 5.41) is 14.5. The van der Waals surface area contributed by atoms with Gasteiger partial charge >= 0.3 is 0 Å². The molecule has 0 aliphatic rings. The molecule has 1 atom stereocenters. The maximum atomic E-state index is 14.1. The smallest absolute Gasteiger partial charge is 0.265 e. The van der Waals surface area contributed by atoms with Crippen LogP contribution in [0.2, 0.25) is 5.02 Å². The molecule has 3 heterocycles. The van der Waals surface area contributed by atoms with E-state index in [0.717, 1.165) is 48.3 Å². The molecular weight excluding hydrogens is 574 g/mol. The largest absolute Gasteiger partial charge is 0.619 e. The second-order valence-electron chi connectivity index (χ2n) is 8.55. The van der Waals surface area contributed by atoms with Crippen LogP contribution < -0.4 is 19.5 Å². The van der Waals surface area contributed by atoms with E-state index in [1.165, 1.54) is 18.2 Å². The van der Waals surface area contributed by atoms with E-state index in [-0.39, 0.29) is 38.3 Å². The molecule has 0 fully saturated rings. The third-order valence-corrected chi connectivity index (χ3v) is 7.15. The Kier molecular flexibility index (Phi) is 8.04. The molecule has 0 aliphatic heterocycles. The fourth-order valence-corrected chi connectivity index (χ4v) is 5.39. The molecule has 1 amide bonds. The number of aryl methyl sites for hydroxylation is 1. The SMILES string of the molecule is Cc1sc(C(=O)Nc2cc(Cl)cc(NS(C)(=O)=O)c2)cc1-c1ncc(F)cc1OC(C)c1cc(F)c[n+]([O-])c1. The van der Waals surface area contributed by atoms with Crippen LogP contribution in [0.15, 0.2) is 55.0 Å². The number of ether oxygens (including phenoxy) is 1. The summed E-state index contributed by atoms with van der Waals surface area (Å²) in [5.74, 6) is -1.90. The Bertz CT molecular complexity index is 1660. The van der Waals surface area contributed by atoms with Crippen LogP contribution in [0.25, 0.3) is 11.3 Å². The summed E-state index contributed by atoms with van der Waals surface area (Å²) < 4.78 is 59.4. The number of pyridine rings is 2. The van der Waals surface area contributed by atoms with Gasteiger partial charge < -0.3 is 15.3 Å². The Labute approximate surface area is 231 Å². The molecular formula is C25H21ClF2N4O5S2. The molecule has 9 nitrogen and oxygen atoms in total. The zero-order valence-corrected chi connectivity index (χ0v) is 23.0. The number of nitrogens with one attached hydrogen (secondary N) is 2. The fraction of sp³-hybridized carbons (Fsp3) is 0.160. The van der Waals surface area contributed by atoms with E-state index >= 15 is 0 Å². The fourth-order valence-electron chi connectivity index (χ4n) is 3.69. The number of hydrogen-bond donors (Lipinski definition) is 2. The lowest BCUT2D eigenvalue weighted by molar-refractivity contribution is -0.607. The third-order valence-electron chi connectivity index (χ3n) is 5.28. The normalized spacial score (nSPS) is 12.2. The second-order valence-corrected chi connectivity index (χ2v) is 12.0. The molecule has 0 saturated carbocycles. The minimum Gasteiger partial charge on any atom is -0.619 e. The Morgan fingerprint density at radius 2 is 1.85 bits per heavy atom. The van der Waals surface area contributed by atoms with E-state index in [9.17, 15) is 27.2 Å². The quantitative estimate of drug-likeness (QED) is 0.207. The maximum Gasteiger partial charge on any atom is 0.265 e. The molecule has 39 heavy (non-hydrogen) atoms. The van der Waals surface area contributed by atoms with Gasteiger partial charge in [-0.05, 0) is 44.2 Å². The van der Waals surface area contributed by atoms with Crippen LogP contribution in [0.1, 0.15) is 33.1 Å². The first kappa shape index (κ1) is 28.2. The molecule has 2 N–H and O–H groups in total. The van der Waals surface area contributed by atoms with Crippen molar-refractivity contribution >= 4 is 50.2 Å². The summed E-state index contributed by atoms with van der Waals surface area (Å²) in [4.78, 5) is 18.1. The molecule has 0 aliphatic carbocycles. The number of sulfonamides is 1. The van der Waals surface area contributed by atoms with E-state index < -0.39 is 33.7 Å². The second kappa shape index (κ2) is 11.1. The van der Waals surface area contributed by atoms with Crippen molar-refractivity contribution in [3.05, 3.63) is 92.2 Å². The van der Waals surface area contributed by atoms with Gasteiger partial charge in [-0.1, -0.05) is 11.6 Å². The lowest BCUT2D eigenvalue weighted by Gasteiger charge is -2.17. The zero-order valence-electron chi connectivity index (χ0n) is 20.7. The van der Waals surface area contributed by atoms with Gasteiger partial charge in [0.1, 0.15) is 23.4 Å². The highest BCUT2D eigenvalue weighted by Crippen LogP contribution is 2.37. The monoisotopic (exact) mass is 594 g/mol. The first-order valence-electron chi connectivity index (χ1n) is 11.2. The Balaban J connectivity index is 1.61. The molecule has 4 rings (SSSR count). The van der Waals surface area contributed by atoms with Gasteiger partial charge in [-0.2, -0.15) is 4.73 Å². The van der Waals surface area contributed by atoms with Crippen molar-refractivity contribution in [3.8, 4) is 17.0 Å². The molecule has 1 unspecified atom stereocenters. The van der Waals surface area contributed by atoms with E-state index in [0.29, 0.717) is 15.2 Å². The lowest BCUT2D eigenvalue weighted by Crippen LogP contribution is -2.27. The lowest BCUT2D eigenvalue weighted by atomic mass is 10.1. The predicted octanol–water partition coefficient (Wildman–Crippen LogP) is 5.45. The minimum atomic E-state index is -3.56. The summed E-state index contributed by atoms with van der Waals surface area (Å²) >= 11 is 7.22. The van der Waals surface area contributed by atoms with Crippen molar-refractivity contribution < 1.29 is 31.5 Å². The number of amides is 1. The van der Waals surface area contributed by atoms with Gasteiger partial charge in [0.2, 0.25) is 16.2 Å². The number of nitrogens with zero attached hydrogens (tertiary/aromatic N) is 2. The molecule has 0 spiro atoms. The van der Waals surface area contributed by atoms with Gasteiger partial charge in [-0.25, -0.2) is 22.2 Å². The Hall–Kier alpha value is -3.81. The molecule has 4 aromatic rings. The molecule has 3 aromatic heterocycles. The number of aromatic nitrogens is 2. The molecule has 204 valence electrons. The number of hydrogen-bond acceptors (Lipinski definition) is 7. The van der Waals surface area contributed by atoms with Crippen molar-refractivity contribution in [1.29, 1.82) is 0 Å². The Morgan fingerprint density at radius 3 is 2.54 bits per heavy atom. The van der Waals surface area contributed by atoms with Crippen molar-refractivity contribution in [3.63, 3.8) is 0 Å². The number of halogens is 3. The summed E-state index contributed by atoms with van der Waals surface area (Å²) in [6, 6.07) is 8.08. The molecule has 14 heteroatoms. The van der Waals surface area contributed by atoms with E-state index in [2.05, 4.69) is 15.0 Å². The molecule has 1 aromatic carbocycles. The van der Waals surface area contributed by atoms with Gasteiger partial charge in [0.25, 0.3) is 5.91 Å². The standard InChI is InChI=1S/C25H21ClF2N4O5S2/c1-13(15-4-18(28)12-32(34)11-15)37-22-7-17(27)10-29-24(22)21-9-23(38-14(21)2)25(33)30-19-5-16(26)6-20(8-19)31-39(3,35)36/h4-13,31H,1-3H3,(H,30,33). The van der Waals surface area contributed by atoms with Gasteiger partial charge in [-0.3, -0.25) is 9.52 Å². The van der Waals surface area contributed by atoms with Crippen LogP contribution in [-0.4, -0.2) is 25.6 Å². The first-order chi connectivity index (χ1) is 18.3. The van der Waals surface area contributed by atoms with Crippen molar-refractivity contribution in [2.75, 3.05) is 16.3 Å². The maximum absolute atomic E-state index is 14.1. The number of carbonyl (C=O) groups is 1. The van der Waals surface area contributed by atoms with Crippen LogP contribution in [-0.2, 0) is 10.0 Å². The Morgan fingerprint density at radius 1 is 1.13 bits per heavy atom. The van der Waals surface area contributed by atoms with Gasteiger partial charge in [-0.15, -0.1) is 11.3 Å². The average Bonchev–Trinajstić information content (AvgIpc) is 3.18.